The van der Waals surface area contributed by atoms with Gasteiger partial charge in [0, 0.05) is 32.9 Å². The van der Waals surface area contributed by atoms with Crippen LogP contribution in [0.1, 0.15) is 41.9 Å². The van der Waals surface area contributed by atoms with Gasteiger partial charge in [0.1, 0.15) is 5.69 Å². The molecule has 2 heterocycles. The fourth-order valence-corrected chi connectivity index (χ4v) is 2.72. The Morgan fingerprint density at radius 3 is 2.77 bits per heavy atom. The summed E-state index contributed by atoms with van der Waals surface area (Å²) >= 11 is 0. The van der Waals surface area contributed by atoms with Crippen molar-refractivity contribution in [3.63, 3.8) is 0 Å². The van der Waals surface area contributed by atoms with E-state index < -0.39 is 12.3 Å². The van der Waals surface area contributed by atoms with E-state index in [1.807, 2.05) is 0 Å². The number of hydrogen-bond donors (Lipinski definition) is 2. The SMILES string of the molecule is Cn1nc(C(=O)NC(CCO)C2CCOCC2)cc1C(F)F. The molecule has 0 radical (unpaired) electrons. The molecule has 0 spiro atoms. The molecule has 1 atom stereocenters. The summed E-state index contributed by atoms with van der Waals surface area (Å²) < 4.78 is 31.8. The predicted octanol–water partition coefficient (Wildman–Crippen LogP) is 1.27. The van der Waals surface area contributed by atoms with Gasteiger partial charge in [-0.15, -0.1) is 0 Å². The van der Waals surface area contributed by atoms with Gasteiger partial charge in [0.25, 0.3) is 12.3 Å². The highest BCUT2D eigenvalue weighted by atomic mass is 19.3. The third kappa shape index (κ3) is 4.01. The molecule has 1 unspecified atom stereocenters. The number of aliphatic hydroxyl groups is 1. The van der Waals surface area contributed by atoms with Crippen molar-refractivity contribution >= 4 is 5.91 Å². The van der Waals surface area contributed by atoms with Gasteiger partial charge in [0.05, 0.1) is 0 Å². The third-order valence-corrected chi connectivity index (χ3v) is 3.96. The van der Waals surface area contributed by atoms with E-state index in [9.17, 15) is 18.7 Å². The molecule has 0 bridgehead atoms. The average molecular weight is 317 g/mol. The maximum Gasteiger partial charge on any atom is 0.280 e. The number of alkyl halides is 2. The minimum absolute atomic E-state index is 0.0344. The minimum Gasteiger partial charge on any atom is -0.396 e. The van der Waals surface area contributed by atoms with Crippen LogP contribution in [-0.4, -0.2) is 46.7 Å². The first kappa shape index (κ1) is 16.8. The van der Waals surface area contributed by atoms with Crippen LogP contribution in [-0.2, 0) is 11.8 Å². The fraction of sp³-hybridized carbons (Fsp3) is 0.714. The molecule has 6 nitrogen and oxygen atoms in total. The number of nitrogens with zero attached hydrogens (tertiary/aromatic N) is 2. The Labute approximate surface area is 127 Å². The van der Waals surface area contributed by atoms with E-state index in [2.05, 4.69) is 10.4 Å². The zero-order valence-electron chi connectivity index (χ0n) is 12.5. The first-order valence-electron chi connectivity index (χ1n) is 7.34. The smallest absolute Gasteiger partial charge is 0.280 e. The predicted molar refractivity (Wildman–Crippen MR) is 74.7 cm³/mol. The van der Waals surface area contributed by atoms with Crippen molar-refractivity contribution in [3.8, 4) is 0 Å². The van der Waals surface area contributed by atoms with Gasteiger partial charge in [0.15, 0.2) is 5.69 Å². The summed E-state index contributed by atoms with van der Waals surface area (Å²) in [7, 11) is 1.38. The lowest BCUT2D eigenvalue weighted by Crippen LogP contribution is -2.43. The number of carbonyl (C=O) groups excluding carboxylic acids is 1. The largest absolute Gasteiger partial charge is 0.396 e. The second-order valence-electron chi connectivity index (χ2n) is 5.42. The number of hydrogen-bond acceptors (Lipinski definition) is 4. The maximum atomic E-state index is 12.7. The summed E-state index contributed by atoms with van der Waals surface area (Å²) in [5, 5.41) is 15.8. The van der Waals surface area contributed by atoms with Crippen molar-refractivity contribution in [2.24, 2.45) is 13.0 Å². The zero-order chi connectivity index (χ0) is 16.1. The van der Waals surface area contributed by atoms with Crippen molar-refractivity contribution < 1.29 is 23.4 Å². The van der Waals surface area contributed by atoms with Crippen LogP contribution in [0.4, 0.5) is 8.78 Å². The summed E-state index contributed by atoms with van der Waals surface area (Å²) in [5.41, 5.74) is -0.331. The van der Waals surface area contributed by atoms with Gasteiger partial charge in [-0.05, 0) is 31.2 Å². The van der Waals surface area contributed by atoms with Crippen molar-refractivity contribution in [1.82, 2.24) is 15.1 Å². The Bertz CT molecular complexity index is 502. The van der Waals surface area contributed by atoms with E-state index in [0.717, 1.165) is 23.6 Å². The van der Waals surface area contributed by atoms with Gasteiger partial charge in [-0.1, -0.05) is 0 Å². The second kappa shape index (κ2) is 7.64. The van der Waals surface area contributed by atoms with Crippen LogP contribution in [0.15, 0.2) is 6.07 Å². The number of aliphatic hydroxyl groups excluding tert-OH is 1. The van der Waals surface area contributed by atoms with Gasteiger partial charge < -0.3 is 15.2 Å². The quantitative estimate of drug-likeness (QED) is 0.828. The highest BCUT2D eigenvalue weighted by Crippen LogP contribution is 2.22. The molecular weight excluding hydrogens is 296 g/mol. The molecule has 124 valence electrons. The van der Waals surface area contributed by atoms with Gasteiger partial charge in [-0.25, -0.2) is 8.78 Å². The molecule has 1 aromatic rings. The van der Waals surface area contributed by atoms with E-state index in [1.165, 1.54) is 7.05 Å². The van der Waals surface area contributed by atoms with Gasteiger partial charge in [0.2, 0.25) is 0 Å². The Kier molecular flexibility index (Phi) is 5.84. The lowest BCUT2D eigenvalue weighted by molar-refractivity contribution is 0.0478. The standard InChI is InChI=1S/C14H21F2N3O3/c1-19-12(13(15)16)8-11(18-19)14(21)17-10(2-5-20)9-3-6-22-7-4-9/h8-10,13,20H,2-7H2,1H3,(H,17,21). The molecule has 1 saturated heterocycles. The first-order valence-corrected chi connectivity index (χ1v) is 7.34. The normalized spacial score (nSPS) is 17.7. The van der Waals surface area contributed by atoms with E-state index in [0.29, 0.717) is 19.6 Å². The van der Waals surface area contributed by atoms with Crippen LogP contribution < -0.4 is 5.32 Å². The monoisotopic (exact) mass is 317 g/mol. The van der Waals surface area contributed by atoms with Crippen LogP contribution in [0.2, 0.25) is 0 Å². The van der Waals surface area contributed by atoms with Crippen LogP contribution in [0.5, 0.6) is 0 Å². The molecule has 22 heavy (non-hydrogen) atoms. The topological polar surface area (TPSA) is 76.4 Å². The molecule has 2 N–H and O–H groups in total. The zero-order valence-corrected chi connectivity index (χ0v) is 12.5. The highest BCUT2D eigenvalue weighted by molar-refractivity contribution is 5.92. The molecule has 1 amide bonds. The Morgan fingerprint density at radius 1 is 1.55 bits per heavy atom. The summed E-state index contributed by atoms with van der Waals surface area (Å²) in [6.07, 6.45) is -0.654. The molecule has 0 aromatic carbocycles. The fourth-order valence-electron chi connectivity index (χ4n) is 2.72. The Morgan fingerprint density at radius 2 is 2.23 bits per heavy atom. The van der Waals surface area contributed by atoms with Crippen molar-refractivity contribution in [2.75, 3.05) is 19.8 Å². The van der Waals surface area contributed by atoms with E-state index in [1.54, 1.807) is 0 Å². The number of nitrogens with one attached hydrogen (secondary N) is 1. The second-order valence-corrected chi connectivity index (χ2v) is 5.42. The Balaban J connectivity index is 2.05. The van der Waals surface area contributed by atoms with Gasteiger partial charge in [-0.2, -0.15) is 5.10 Å². The number of amides is 1. The Hall–Kier alpha value is -1.54. The first-order chi connectivity index (χ1) is 10.5. The molecule has 1 aromatic heterocycles. The van der Waals surface area contributed by atoms with Crippen molar-refractivity contribution in [3.05, 3.63) is 17.5 Å². The number of rotatable bonds is 6. The minimum atomic E-state index is -2.68. The van der Waals surface area contributed by atoms with Crippen molar-refractivity contribution in [1.29, 1.82) is 0 Å². The molecular formula is C14H21F2N3O3. The molecule has 1 aliphatic heterocycles. The summed E-state index contributed by atoms with van der Waals surface area (Å²) in [6.45, 7) is 1.20. The molecule has 8 heteroatoms. The van der Waals surface area contributed by atoms with E-state index >= 15 is 0 Å². The van der Waals surface area contributed by atoms with Gasteiger partial charge in [-0.3, -0.25) is 9.48 Å². The number of ether oxygens (including phenoxy) is 1. The number of aryl methyl sites for hydroxylation is 1. The molecule has 1 aliphatic rings. The number of aromatic nitrogens is 2. The van der Waals surface area contributed by atoms with E-state index in [4.69, 9.17) is 4.74 Å². The van der Waals surface area contributed by atoms with Gasteiger partial charge >= 0.3 is 0 Å². The molecule has 1 fully saturated rings. The average Bonchev–Trinajstić information content (AvgIpc) is 2.90. The van der Waals surface area contributed by atoms with Crippen LogP contribution in [0.3, 0.4) is 0 Å². The van der Waals surface area contributed by atoms with Crippen molar-refractivity contribution in [2.45, 2.75) is 31.7 Å². The van der Waals surface area contributed by atoms with Crippen LogP contribution in [0, 0.1) is 5.92 Å². The van der Waals surface area contributed by atoms with Crippen LogP contribution in [0.25, 0.3) is 0 Å². The highest BCUT2D eigenvalue weighted by Gasteiger charge is 2.27. The molecule has 2 rings (SSSR count). The lowest BCUT2D eigenvalue weighted by atomic mass is 9.90. The third-order valence-electron chi connectivity index (χ3n) is 3.96. The molecule has 0 saturated carbocycles. The number of carbonyl (C=O) groups is 1. The number of halogens is 2. The molecule has 0 aliphatic carbocycles. The maximum absolute atomic E-state index is 12.7. The summed E-state index contributed by atoms with van der Waals surface area (Å²) in [4.78, 5) is 12.2. The lowest BCUT2D eigenvalue weighted by Gasteiger charge is -2.30. The van der Waals surface area contributed by atoms with Crippen LogP contribution >= 0.6 is 0 Å². The summed E-state index contributed by atoms with van der Waals surface area (Å²) in [5.74, 6) is -0.282. The summed E-state index contributed by atoms with van der Waals surface area (Å²) in [6, 6.07) is 0.887. The van der Waals surface area contributed by atoms with E-state index in [-0.39, 0.29) is 30.0 Å².